The van der Waals surface area contributed by atoms with Crippen molar-refractivity contribution >= 4 is 22.3 Å². The highest BCUT2D eigenvalue weighted by atomic mass is 16.3. The van der Waals surface area contributed by atoms with E-state index < -0.39 is 0 Å². The molecule has 3 nitrogen and oxygen atoms in total. The van der Waals surface area contributed by atoms with E-state index in [4.69, 9.17) is 4.42 Å². The smallest absolute Gasteiger partial charge is 0.134 e. The van der Waals surface area contributed by atoms with Crippen molar-refractivity contribution in [1.82, 2.24) is 0 Å². The van der Waals surface area contributed by atoms with Gasteiger partial charge in [-0.15, -0.1) is 0 Å². The summed E-state index contributed by atoms with van der Waals surface area (Å²) < 4.78 is 5.82. The zero-order valence-corrected chi connectivity index (χ0v) is 12.7. The van der Waals surface area contributed by atoms with E-state index in [0.29, 0.717) is 6.54 Å². The van der Waals surface area contributed by atoms with Crippen molar-refractivity contribution in [3.8, 4) is 0 Å². The van der Waals surface area contributed by atoms with Gasteiger partial charge in [0.1, 0.15) is 11.3 Å². The van der Waals surface area contributed by atoms with Crippen LogP contribution >= 0.6 is 0 Å². The summed E-state index contributed by atoms with van der Waals surface area (Å²) in [5.74, 6) is 0.951. The van der Waals surface area contributed by atoms with Gasteiger partial charge in [-0.25, -0.2) is 0 Å². The summed E-state index contributed by atoms with van der Waals surface area (Å²) in [7, 11) is 4.10. The van der Waals surface area contributed by atoms with Crippen LogP contribution < -0.4 is 10.2 Å². The van der Waals surface area contributed by atoms with Crippen molar-refractivity contribution in [3.63, 3.8) is 0 Å². The minimum Gasteiger partial charge on any atom is -0.459 e. The molecule has 0 unspecified atom stereocenters. The minimum atomic E-state index is 0.691. The third-order valence-corrected chi connectivity index (χ3v) is 3.66. The molecule has 0 amide bonds. The molecule has 0 spiro atoms. The van der Waals surface area contributed by atoms with E-state index >= 15 is 0 Å². The van der Waals surface area contributed by atoms with Gasteiger partial charge in [-0.05, 0) is 42.8 Å². The lowest BCUT2D eigenvalue weighted by atomic mass is 10.1. The molecule has 0 saturated heterocycles. The number of furan rings is 1. The van der Waals surface area contributed by atoms with Crippen molar-refractivity contribution in [1.29, 1.82) is 0 Å². The second-order valence-electron chi connectivity index (χ2n) is 5.50. The molecule has 21 heavy (non-hydrogen) atoms. The topological polar surface area (TPSA) is 28.4 Å². The highest BCUT2D eigenvalue weighted by molar-refractivity contribution is 5.77. The van der Waals surface area contributed by atoms with E-state index in [1.165, 1.54) is 11.3 Å². The lowest BCUT2D eigenvalue weighted by Gasteiger charge is -2.15. The number of aryl methyl sites for hydroxylation is 1. The second kappa shape index (κ2) is 5.52. The summed E-state index contributed by atoms with van der Waals surface area (Å²) >= 11 is 0. The fraction of sp³-hybridized carbons (Fsp3) is 0.222. The third kappa shape index (κ3) is 2.87. The first kappa shape index (κ1) is 13.6. The van der Waals surface area contributed by atoms with Crippen molar-refractivity contribution in [3.05, 3.63) is 59.9 Å². The van der Waals surface area contributed by atoms with Gasteiger partial charge in [0, 0.05) is 30.9 Å². The van der Waals surface area contributed by atoms with E-state index in [2.05, 4.69) is 61.6 Å². The zero-order chi connectivity index (χ0) is 14.8. The Kier molecular flexibility index (Phi) is 3.57. The Hall–Kier alpha value is -2.42. The zero-order valence-electron chi connectivity index (χ0n) is 12.7. The van der Waals surface area contributed by atoms with Crippen LogP contribution in [0.3, 0.4) is 0 Å². The maximum atomic E-state index is 5.82. The molecule has 0 aliphatic carbocycles. The van der Waals surface area contributed by atoms with Gasteiger partial charge in [0.2, 0.25) is 0 Å². The van der Waals surface area contributed by atoms with Gasteiger partial charge in [0.25, 0.3) is 0 Å². The van der Waals surface area contributed by atoms with Gasteiger partial charge in [-0.2, -0.15) is 0 Å². The molecular weight excluding hydrogens is 260 g/mol. The highest BCUT2D eigenvalue weighted by Crippen LogP contribution is 2.23. The summed E-state index contributed by atoms with van der Waals surface area (Å²) in [6.07, 6.45) is 0. The fourth-order valence-electron chi connectivity index (χ4n) is 2.43. The number of fused-ring (bicyclic) bond motifs is 1. The molecule has 1 N–H and O–H groups in total. The SMILES string of the molecule is Cc1cc(N(C)C)ccc1NCc1cc2ccccc2o1. The Balaban J connectivity index is 1.75. The molecule has 2 aromatic carbocycles. The van der Waals surface area contributed by atoms with Crippen molar-refractivity contribution in [2.75, 3.05) is 24.3 Å². The summed E-state index contributed by atoms with van der Waals surface area (Å²) in [5, 5.41) is 4.59. The van der Waals surface area contributed by atoms with Crippen LogP contribution in [0.25, 0.3) is 11.0 Å². The molecule has 3 aromatic rings. The van der Waals surface area contributed by atoms with Gasteiger partial charge in [-0.3, -0.25) is 0 Å². The maximum Gasteiger partial charge on any atom is 0.134 e. The number of hydrogen-bond acceptors (Lipinski definition) is 3. The molecule has 0 radical (unpaired) electrons. The summed E-state index contributed by atoms with van der Waals surface area (Å²) in [6, 6.07) is 16.6. The van der Waals surface area contributed by atoms with Crippen LogP contribution in [0.1, 0.15) is 11.3 Å². The Morgan fingerprint density at radius 3 is 2.57 bits per heavy atom. The monoisotopic (exact) mass is 280 g/mol. The number of hydrogen-bond donors (Lipinski definition) is 1. The molecule has 3 heteroatoms. The van der Waals surface area contributed by atoms with E-state index in [9.17, 15) is 0 Å². The van der Waals surface area contributed by atoms with Gasteiger partial charge in [-0.1, -0.05) is 18.2 Å². The number of nitrogens with one attached hydrogen (secondary N) is 1. The van der Waals surface area contributed by atoms with E-state index in [0.717, 1.165) is 22.4 Å². The number of rotatable bonds is 4. The van der Waals surface area contributed by atoms with E-state index in [1.54, 1.807) is 0 Å². The average Bonchev–Trinajstić information content (AvgIpc) is 2.88. The third-order valence-electron chi connectivity index (χ3n) is 3.66. The first-order valence-corrected chi connectivity index (χ1v) is 7.13. The maximum absolute atomic E-state index is 5.82. The van der Waals surface area contributed by atoms with E-state index in [-0.39, 0.29) is 0 Å². The van der Waals surface area contributed by atoms with Gasteiger partial charge in [0.05, 0.1) is 6.54 Å². The van der Waals surface area contributed by atoms with Gasteiger partial charge in [0.15, 0.2) is 0 Å². The van der Waals surface area contributed by atoms with Crippen molar-refractivity contribution in [2.24, 2.45) is 0 Å². The summed E-state index contributed by atoms with van der Waals surface area (Å²) in [4.78, 5) is 2.11. The molecule has 108 valence electrons. The Morgan fingerprint density at radius 1 is 1.05 bits per heavy atom. The number of para-hydroxylation sites is 1. The molecule has 0 bridgehead atoms. The first-order valence-electron chi connectivity index (χ1n) is 7.13. The number of anilines is 2. The number of benzene rings is 2. The van der Waals surface area contributed by atoms with Crippen LogP contribution in [0.2, 0.25) is 0 Å². The quantitative estimate of drug-likeness (QED) is 0.767. The standard InChI is InChI=1S/C18H20N2O/c1-13-10-15(20(2)3)8-9-17(13)19-12-16-11-14-6-4-5-7-18(14)21-16/h4-11,19H,12H2,1-3H3. The molecule has 1 heterocycles. The second-order valence-corrected chi connectivity index (χ2v) is 5.50. The van der Waals surface area contributed by atoms with Crippen LogP contribution in [0.5, 0.6) is 0 Å². The van der Waals surface area contributed by atoms with Crippen molar-refractivity contribution in [2.45, 2.75) is 13.5 Å². The Morgan fingerprint density at radius 2 is 1.86 bits per heavy atom. The normalized spacial score (nSPS) is 10.8. The minimum absolute atomic E-state index is 0.691. The van der Waals surface area contributed by atoms with Crippen LogP contribution in [0, 0.1) is 6.92 Å². The predicted molar refractivity (Wildman–Crippen MR) is 89.0 cm³/mol. The highest BCUT2D eigenvalue weighted by Gasteiger charge is 2.05. The largest absolute Gasteiger partial charge is 0.459 e. The van der Waals surface area contributed by atoms with Crippen LogP contribution in [0.15, 0.2) is 52.9 Å². The molecule has 0 atom stereocenters. The molecular formula is C18H20N2O. The fourth-order valence-corrected chi connectivity index (χ4v) is 2.43. The number of nitrogens with zero attached hydrogens (tertiary/aromatic N) is 1. The molecule has 0 aliphatic heterocycles. The first-order chi connectivity index (χ1) is 10.1. The predicted octanol–water partition coefficient (Wildman–Crippen LogP) is 4.42. The van der Waals surface area contributed by atoms with E-state index in [1.807, 2.05) is 18.2 Å². The molecule has 3 rings (SSSR count). The van der Waals surface area contributed by atoms with Gasteiger partial charge < -0.3 is 14.6 Å². The Bertz CT molecular complexity index is 726. The van der Waals surface area contributed by atoms with Crippen LogP contribution in [-0.4, -0.2) is 14.1 Å². The van der Waals surface area contributed by atoms with Crippen LogP contribution in [-0.2, 0) is 6.54 Å². The van der Waals surface area contributed by atoms with Gasteiger partial charge >= 0.3 is 0 Å². The Labute approximate surface area is 125 Å². The van der Waals surface area contributed by atoms with Crippen molar-refractivity contribution < 1.29 is 4.42 Å². The van der Waals surface area contributed by atoms with Crippen LogP contribution in [0.4, 0.5) is 11.4 Å². The molecule has 0 aliphatic rings. The summed E-state index contributed by atoms with van der Waals surface area (Å²) in [6.45, 7) is 2.81. The summed E-state index contributed by atoms with van der Waals surface area (Å²) in [5.41, 5.74) is 4.52. The lowest BCUT2D eigenvalue weighted by molar-refractivity contribution is 0.559. The molecule has 0 fully saturated rings. The molecule has 0 saturated carbocycles. The average molecular weight is 280 g/mol. The molecule has 1 aromatic heterocycles. The lowest BCUT2D eigenvalue weighted by Crippen LogP contribution is -2.09.